The van der Waals surface area contributed by atoms with E-state index in [1.807, 2.05) is 6.07 Å². The van der Waals surface area contributed by atoms with E-state index in [0.717, 1.165) is 22.1 Å². The average Bonchev–Trinajstić information content (AvgIpc) is 3.02. The van der Waals surface area contributed by atoms with E-state index in [1.54, 1.807) is 30.9 Å². The molecular weight excluding hydrogens is 334 g/mol. The van der Waals surface area contributed by atoms with Crippen molar-refractivity contribution < 1.29 is 14.0 Å². The molecule has 0 spiro atoms. The van der Waals surface area contributed by atoms with Gasteiger partial charge in [0.1, 0.15) is 5.76 Å². The van der Waals surface area contributed by atoms with Gasteiger partial charge in [0.15, 0.2) is 5.78 Å². The Hall–Kier alpha value is -1.88. The van der Waals surface area contributed by atoms with Crippen LogP contribution in [0.3, 0.4) is 0 Å². The van der Waals surface area contributed by atoms with Crippen molar-refractivity contribution in [3.8, 4) is 0 Å². The second-order valence-electron chi connectivity index (χ2n) is 5.10. The highest BCUT2D eigenvalue weighted by atomic mass is 79.9. The molecule has 0 saturated carbocycles. The maximum atomic E-state index is 12.6. The number of carbonyl (C=O) groups is 2. The smallest absolute Gasteiger partial charge is 0.223 e. The Labute approximate surface area is 130 Å². The molecule has 0 atom stereocenters. The van der Waals surface area contributed by atoms with Gasteiger partial charge in [0.25, 0.3) is 0 Å². The average molecular weight is 348 g/mol. The molecule has 21 heavy (non-hydrogen) atoms. The van der Waals surface area contributed by atoms with Gasteiger partial charge in [-0.3, -0.25) is 9.59 Å². The van der Waals surface area contributed by atoms with Gasteiger partial charge in [0.05, 0.1) is 11.8 Å². The fraction of sp³-hybridized carbons (Fsp3) is 0.250. The summed E-state index contributed by atoms with van der Waals surface area (Å²) in [7, 11) is 0. The van der Waals surface area contributed by atoms with E-state index in [4.69, 9.17) is 4.42 Å². The quantitative estimate of drug-likeness (QED) is 0.781. The number of hydrogen-bond donors (Lipinski definition) is 0. The Morgan fingerprint density at radius 1 is 1.29 bits per heavy atom. The molecule has 108 valence electrons. The van der Waals surface area contributed by atoms with Crippen LogP contribution < -0.4 is 4.90 Å². The number of halogens is 1. The summed E-state index contributed by atoms with van der Waals surface area (Å²) in [6.07, 6.45) is 2.32. The van der Waals surface area contributed by atoms with Crippen LogP contribution in [0, 0.1) is 6.92 Å². The number of ketones is 1. The predicted molar refractivity (Wildman–Crippen MR) is 82.8 cm³/mol. The summed E-state index contributed by atoms with van der Waals surface area (Å²) in [6.45, 7) is 3.97. The molecule has 1 aliphatic rings. The van der Waals surface area contributed by atoms with Crippen LogP contribution >= 0.6 is 15.9 Å². The molecule has 1 aliphatic heterocycles. The molecule has 5 heteroatoms. The van der Waals surface area contributed by atoms with E-state index in [9.17, 15) is 9.59 Å². The highest BCUT2D eigenvalue weighted by Crippen LogP contribution is 2.34. The zero-order valence-corrected chi connectivity index (χ0v) is 13.4. The number of rotatable bonds is 2. The van der Waals surface area contributed by atoms with E-state index in [0.29, 0.717) is 23.4 Å². The molecule has 2 heterocycles. The summed E-state index contributed by atoms with van der Waals surface area (Å²) in [6, 6.07) is 5.39. The molecule has 1 aromatic carbocycles. The van der Waals surface area contributed by atoms with Gasteiger partial charge in [-0.25, -0.2) is 0 Å². The summed E-state index contributed by atoms with van der Waals surface area (Å²) in [5.74, 6) is 0.483. The van der Waals surface area contributed by atoms with Crippen LogP contribution in [0.5, 0.6) is 0 Å². The van der Waals surface area contributed by atoms with Gasteiger partial charge in [-0.05, 0) is 37.1 Å². The van der Waals surface area contributed by atoms with Gasteiger partial charge in [-0.2, -0.15) is 0 Å². The maximum Gasteiger partial charge on any atom is 0.223 e. The van der Waals surface area contributed by atoms with E-state index in [-0.39, 0.29) is 11.7 Å². The number of hydrogen-bond acceptors (Lipinski definition) is 3. The van der Waals surface area contributed by atoms with Crippen LogP contribution in [0.15, 0.2) is 33.4 Å². The first-order chi connectivity index (χ1) is 9.99. The largest absolute Gasteiger partial charge is 0.469 e. The number of anilines is 1. The van der Waals surface area contributed by atoms with Crippen molar-refractivity contribution >= 4 is 33.3 Å². The van der Waals surface area contributed by atoms with Gasteiger partial charge < -0.3 is 9.32 Å². The summed E-state index contributed by atoms with van der Waals surface area (Å²) >= 11 is 3.46. The van der Waals surface area contributed by atoms with Crippen molar-refractivity contribution in [3.05, 3.63) is 51.4 Å². The molecule has 0 saturated heterocycles. The lowest BCUT2D eigenvalue weighted by Gasteiger charge is -2.16. The number of furan rings is 1. The number of benzene rings is 1. The zero-order chi connectivity index (χ0) is 15.1. The molecule has 4 nitrogen and oxygen atoms in total. The number of aryl methyl sites for hydroxylation is 1. The maximum absolute atomic E-state index is 12.6. The van der Waals surface area contributed by atoms with Gasteiger partial charge in [0.2, 0.25) is 5.91 Å². The highest BCUT2D eigenvalue weighted by Gasteiger charge is 2.26. The van der Waals surface area contributed by atoms with Crippen LogP contribution in [0.2, 0.25) is 0 Å². The lowest BCUT2D eigenvalue weighted by Crippen LogP contribution is -2.25. The Morgan fingerprint density at radius 2 is 2.05 bits per heavy atom. The topological polar surface area (TPSA) is 50.5 Å². The fourth-order valence-corrected chi connectivity index (χ4v) is 3.24. The molecule has 0 unspecified atom stereocenters. The molecular formula is C16H14BrNO3. The lowest BCUT2D eigenvalue weighted by molar-refractivity contribution is -0.116. The number of carbonyl (C=O) groups excluding carboxylic acids is 2. The van der Waals surface area contributed by atoms with Gasteiger partial charge in [0, 0.05) is 29.2 Å². The summed E-state index contributed by atoms with van der Waals surface area (Å²) in [4.78, 5) is 26.0. The zero-order valence-electron chi connectivity index (χ0n) is 11.8. The van der Waals surface area contributed by atoms with E-state index >= 15 is 0 Å². The number of fused-ring (bicyclic) bond motifs is 1. The fourth-order valence-electron chi connectivity index (χ4n) is 2.67. The Morgan fingerprint density at radius 3 is 2.67 bits per heavy atom. The first kappa shape index (κ1) is 14.1. The number of amides is 1. The number of nitrogens with zero attached hydrogens (tertiary/aromatic N) is 1. The van der Waals surface area contributed by atoms with Crippen molar-refractivity contribution in [1.82, 2.24) is 0 Å². The highest BCUT2D eigenvalue weighted by molar-refractivity contribution is 9.10. The van der Waals surface area contributed by atoms with E-state index < -0.39 is 0 Å². The Kier molecular flexibility index (Phi) is 3.45. The first-order valence-corrected chi connectivity index (χ1v) is 7.47. The third kappa shape index (κ3) is 2.31. The monoisotopic (exact) mass is 347 g/mol. The molecule has 0 bridgehead atoms. The minimum atomic E-state index is -0.105. The standard InChI is InChI=1S/C16H14BrNO3/c1-9-12(4-6-21-9)16(20)13-8-15-11(7-14(13)17)3-5-18(15)10(2)19/h4,6-8H,3,5H2,1-2H3. The van der Waals surface area contributed by atoms with E-state index in [1.165, 1.54) is 6.26 Å². The van der Waals surface area contributed by atoms with Crippen molar-refractivity contribution in [2.24, 2.45) is 0 Å². The molecule has 3 rings (SSSR count). The predicted octanol–water partition coefficient (Wildman–Crippen LogP) is 3.49. The summed E-state index contributed by atoms with van der Waals surface area (Å²) < 4.78 is 5.95. The molecule has 1 amide bonds. The van der Waals surface area contributed by atoms with Crippen LogP contribution in [-0.4, -0.2) is 18.2 Å². The second-order valence-corrected chi connectivity index (χ2v) is 5.96. The van der Waals surface area contributed by atoms with Crippen molar-refractivity contribution in [3.63, 3.8) is 0 Å². The van der Waals surface area contributed by atoms with Crippen molar-refractivity contribution in [2.75, 3.05) is 11.4 Å². The van der Waals surface area contributed by atoms with Gasteiger partial charge in [-0.1, -0.05) is 15.9 Å². The van der Waals surface area contributed by atoms with Crippen LogP contribution in [0.25, 0.3) is 0 Å². The Bertz CT molecular complexity index is 748. The van der Waals surface area contributed by atoms with Gasteiger partial charge in [-0.15, -0.1) is 0 Å². The molecule has 1 aromatic heterocycles. The summed E-state index contributed by atoms with van der Waals surface area (Å²) in [5, 5.41) is 0. The van der Waals surface area contributed by atoms with Crippen molar-refractivity contribution in [1.29, 1.82) is 0 Å². The summed E-state index contributed by atoms with van der Waals surface area (Å²) in [5.41, 5.74) is 3.00. The SMILES string of the molecule is CC(=O)N1CCc2cc(Br)c(C(=O)c3ccoc3C)cc21. The molecule has 0 N–H and O–H groups in total. The molecule has 0 fully saturated rings. The molecule has 0 aliphatic carbocycles. The lowest BCUT2D eigenvalue weighted by atomic mass is 10.0. The third-order valence-corrected chi connectivity index (χ3v) is 4.45. The molecule has 2 aromatic rings. The van der Waals surface area contributed by atoms with Crippen molar-refractivity contribution in [2.45, 2.75) is 20.3 Å². The Balaban J connectivity index is 2.09. The second kappa shape index (κ2) is 5.15. The van der Waals surface area contributed by atoms with Crippen LogP contribution in [0.1, 0.15) is 34.2 Å². The molecule has 0 radical (unpaired) electrons. The minimum Gasteiger partial charge on any atom is -0.469 e. The van der Waals surface area contributed by atoms with Crippen LogP contribution in [-0.2, 0) is 11.2 Å². The third-order valence-electron chi connectivity index (χ3n) is 3.79. The van der Waals surface area contributed by atoms with Gasteiger partial charge >= 0.3 is 0 Å². The normalized spacial score (nSPS) is 13.4. The minimum absolute atomic E-state index is 0.00559. The first-order valence-electron chi connectivity index (χ1n) is 6.68. The van der Waals surface area contributed by atoms with E-state index in [2.05, 4.69) is 15.9 Å². The van der Waals surface area contributed by atoms with Crippen LogP contribution in [0.4, 0.5) is 5.69 Å².